The van der Waals surface area contributed by atoms with Gasteiger partial charge >= 0.3 is 0 Å². The van der Waals surface area contributed by atoms with Gasteiger partial charge in [0.25, 0.3) is 0 Å². The molecule has 2 N–H and O–H groups in total. The zero-order valence-corrected chi connectivity index (χ0v) is 10.4. The van der Waals surface area contributed by atoms with Crippen molar-refractivity contribution in [3.8, 4) is 0 Å². The number of nitrogens with two attached hydrogens (primary N) is 1. The van der Waals surface area contributed by atoms with Gasteiger partial charge in [-0.3, -0.25) is 4.79 Å². The second kappa shape index (κ2) is 5.29. The largest absolute Gasteiger partial charge is 0.369 e. The lowest BCUT2D eigenvalue weighted by Gasteiger charge is -2.13. The number of hydrogen-bond donors (Lipinski definition) is 1. The van der Waals surface area contributed by atoms with E-state index in [2.05, 4.69) is 17.2 Å². The maximum absolute atomic E-state index is 11.0. The Balaban J connectivity index is 2.24. The van der Waals surface area contributed by atoms with E-state index in [1.54, 1.807) is 0 Å². The van der Waals surface area contributed by atoms with Crippen LogP contribution in [0.3, 0.4) is 0 Å². The predicted octanol–water partition coefficient (Wildman–Crippen LogP) is 1.37. The van der Waals surface area contributed by atoms with E-state index in [-0.39, 0.29) is 12.3 Å². The molecule has 0 bridgehead atoms. The fourth-order valence-electron chi connectivity index (χ4n) is 2.59. The number of carbonyl (C=O) groups is 1. The van der Waals surface area contributed by atoms with Crippen LogP contribution in [0.2, 0.25) is 0 Å². The monoisotopic (exact) mass is 236 g/mol. The molecular weight excluding hydrogens is 216 g/mol. The molecule has 0 aromatic carbocycles. The van der Waals surface area contributed by atoms with Crippen LogP contribution in [0.4, 0.5) is 0 Å². The maximum atomic E-state index is 11.0. The third-order valence-electron chi connectivity index (χ3n) is 3.37. The standard InChI is InChI=1S/C12H20N4O/c1-2-5-11-10(8-12(13)17)14-15-16(11)9-6-3-4-7-9/h9H,2-8H2,1H3,(H2,13,17). The molecule has 0 radical (unpaired) electrons. The molecule has 1 saturated carbocycles. The Morgan fingerprint density at radius 2 is 2.18 bits per heavy atom. The van der Waals surface area contributed by atoms with E-state index in [4.69, 9.17) is 5.73 Å². The highest BCUT2D eigenvalue weighted by Gasteiger charge is 2.23. The van der Waals surface area contributed by atoms with Gasteiger partial charge in [-0.05, 0) is 19.3 Å². The van der Waals surface area contributed by atoms with Gasteiger partial charge in [0, 0.05) is 0 Å². The Kier molecular flexibility index (Phi) is 3.76. The minimum Gasteiger partial charge on any atom is -0.369 e. The summed E-state index contributed by atoms with van der Waals surface area (Å²) in [5.74, 6) is -0.333. The number of amides is 1. The van der Waals surface area contributed by atoms with Crippen LogP contribution >= 0.6 is 0 Å². The van der Waals surface area contributed by atoms with Crippen molar-refractivity contribution in [3.05, 3.63) is 11.4 Å². The molecule has 17 heavy (non-hydrogen) atoms. The molecule has 0 atom stereocenters. The molecule has 1 aliphatic carbocycles. The first-order valence-electron chi connectivity index (χ1n) is 6.43. The van der Waals surface area contributed by atoms with E-state index < -0.39 is 0 Å². The second-order valence-corrected chi connectivity index (χ2v) is 4.76. The van der Waals surface area contributed by atoms with E-state index in [0.29, 0.717) is 6.04 Å². The van der Waals surface area contributed by atoms with Gasteiger partial charge in [0.05, 0.1) is 23.9 Å². The quantitative estimate of drug-likeness (QED) is 0.839. The van der Waals surface area contributed by atoms with Gasteiger partial charge in [-0.2, -0.15) is 0 Å². The molecule has 5 nitrogen and oxygen atoms in total. The summed E-state index contributed by atoms with van der Waals surface area (Å²) in [7, 11) is 0. The number of primary amides is 1. The third kappa shape index (κ3) is 2.65. The Bertz CT molecular complexity index is 393. The highest BCUT2D eigenvalue weighted by atomic mass is 16.1. The minimum atomic E-state index is -0.333. The smallest absolute Gasteiger partial charge is 0.223 e. The minimum absolute atomic E-state index is 0.210. The van der Waals surface area contributed by atoms with Crippen LogP contribution in [0.5, 0.6) is 0 Å². The van der Waals surface area contributed by atoms with E-state index >= 15 is 0 Å². The molecule has 2 rings (SSSR count). The van der Waals surface area contributed by atoms with Crippen LogP contribution in [0.15, 0.2) is 0 Å². The number of hydrogen-bond acceptors (Lipinski definition) is 3. The molecule has 0 aliphatic heterocycles. The summed E-state index contributed by atoms with van der Waals surface area (Å²) in [6.45, 7) is 2.13. The molecule has 1 fully saturated rings. The number of nitrogens with zero attached hydrogens (tertiary/aromatic N) is 3. The molecule has 0 saturated heterocycles. The van der Waals surface area contributed by atoms with Crippen LogP contribution in [0.1, 0.15) is 56.5 Å². The zero-order chi connectivity index (χ0) is 12.3. The maximum Gasteiger partial charge on any atom is 0.223 e. The SMILES string of the molecule is CCCc1c(CC(N)=O)nnn1C1CCCC1. The summed E-state index contributed by atoms with van der Waals surface area (Å²) >= 11 is 0. The molecule has 0 spiro atoms. The van der Waals surface area contributed by atoms with Gasteiger partial charge in [-0.1, -0.05) is 31.4 Å². The van der Waals surface area contributed by atoms with Crippen LogP contribution in [0.25, 0.3) is 0 Å². The lowest BCUT2D eigenvalue weighted by molar-refractivity contribution is -0.117. The van der Waals surface area contributed by atoms with Gasteiger partial charge < -0.3 is 5.73 Å². The fourth-order valence-corrected chi connectivity index (χ4v) is 2.59. The van der Waals surface area contributed by atoms with Crippen LogP contribution in [0, 0.1) is 0 Å². The molecule has 1 aromatic heterocycles. The topological polar surface area (TPSA) is 73.8 Å². The third-order valence-corrected chi connectivity index (χ3v) is 3.37. The van der Waals surface area contributed by atoms with E-state index in [1.807, 2.05) is 4.68 Å². The van der Waals surface area contributed by atoms with Crippen molar-refractivity contribution in [3.63, 3.8) is 0 Å². The molecule has 1 aliphatic rings. The Morgan fingerprint density at radius 3 is 2.76 bits per heavy atom. The summed E-state index contributed by atoms with van der Waals surface area (Å²) < 4.78 is 2.04. The van der Waals surface area contributed by atoms with E-state index in [0.717, 1.165) is 24.2 Å². The normalized spacial score (nSPS) is 16.5. The van der Waals surface area contributed by atoms with Crippen LogP contribution < -0.4 is 5.73 Å². The molecule has 1 aromatic rings. The summed E-state index contributed by atoms with van der Waals surface area (Å²) in [5.41, 5.74) is 7.12. The van der Waals surface area contributed by atoms with Crippen molar-refractivity contribution in [1.29, 1.82) is 0 Å². The molecule has 5 heteroatoms. The summed E-state index contributed by atoms with van der Waals surface area (Å²) in [6, 6.07) is 0.477. The Morgan fingerprint density at radius 1 is 1.47 bits per heavy atom. The van der Waals surface area contributed by atoms with Gasteiger partial charge in [0.15, 0.2) is 0 Å². The van der Waals surface area contributed by atoms with Gasteiger partial charge in [0.2, 0.25) is 5.91 Å². The van der Waals surface area contributed by atoms with Crippen LogP contribution in [-0.4, -0.2) is 20.9 Å². The molecule has 94 valence electrons. The van der Waals surface area contributed by atoms with Crippen molar-refractivity contribution >= 4 is 5.91 Å². The number of rotatable bonds is 5. The average molecular weight is 236 g/mol. The van der Waals surface area contributed by atoms with Gasteiger partial charge in [0.1, 0.15) is 0 Å². The van der Waals surface area contributed by atoms with Crippen molar-refractivity contribution in [2.75, 3.05) is 0 Å². The van der Waals surface area contributed by atoms with Crippen molar-refractivity contribution in [2.24, 2.45) is 5.73 Å². The lowest BCUT2D eigenvalue weighted by atomic mass is 10.1. The summed E-state index contributed by atoms with van der Waals surface area (Å²) in [6.07, 6.45) is 7.05. The van der Waals surface area contributed by atoms with Gasteiger partial charge in [-0.15, -0.1) is 5.10 Å². The highest BCUT2D eigenvalue weighted by Crippen LogP contribution is 2.30. The number of aromatic nitrogens is 3. The van der Waals surface area contributed by atoms with Crippen molar-refractivity contribution in [2.45, 2.75) is 57.9 Å². The van der Waals surface area contributed by atoms with Gasteiger partial charge in [-0.25, -0.2) is 4.68 Å². The second-order valence-electron chi connectivity index (χ2n) is 4.76. The highest BCUT2D eigenvalue weighted by molar-refractivity contribution is 5.76. The molecule has 1 amide bonds. The average Bonchev–Trinajstić information content (AvgIpc) is 2.88. The van der Waals surface area contributed by atoms with Crippen molar-refractivity contribution in [1.82, 2.24) is 15.0 Å². The van der Waals surface area contributed by atoms with Crippen molar-refractivity contribution < 1.29 is 4.79 Å². The first-order chi connectivity index (χ1) is 8.22. The summed E-state index contributed by atoms with van der Waals surface area (Å²) in [5, 5.41) is 8.36. The molecular formula is C12H20N4O. The molecule has 1 heterocycles. The number of carbonyl (C=O) groups excluding carboxylic acids is 1. The van der Waals surface area contributed by atoms with E-state index in [9.17, 15) is 4.79 Å². The van der Waals surface area contributed by atoms with E-state index in [1.165, 1.54) is 25.7 Å². The first-order valence-corrected chi connectivity index (χ1v) is 6.43. The Hall–Kier alpha value is -1.39. The molecule has 0 unspecified atom stereocenters. The lowest BCUT2D eigenvalue weighted by Crippen LogP contribution is -2.16. The first kappa shape index (κ1) is 12.1. The summed E-state index contributed by atoms with van der Waals surface area (Å²) in [4.78, 5) is 11.0. The predicted molar refractivity (Wildman–Crippen MR) is 64.4 cm³/mol. The fraction of sp³-hybridized carbons (Fsp3) is 0.750. The zero-order valence-electron chi connectivity index (χ0n) is 10.4. The Labute approximate surface area is 101 Å². The van der Waals surface area contributed by atoms with Crippen LogP contribution in [-0.2, 0) is 17.6 Å².